The molecule has 0 radical (unpaired) electrons. The molecule has 5 nitrogen and oxygen atoms in total. The summed E-state index contributed by atoms with van der Waals surface area (Å²) in [6.45, 7) is 4.88. The summed E-state index contributed by atoms with van der Waals surface area (Å²) in [4.78, 5) is 11.3. The van der Waals surface area contributed by atoms with Crippen molar-refractivity contribution in [3.8, 4) is 0 Å². The molecule has 0 aliphatic carbocycles. The second-order valence-electron chi connectivity index (χ2n) is 5.66. The number of rotatable bonds is 8. The molecule has 1 heterocycles. The molecule has 23 heavy (non-hydrogen) atoms. The topological polar surface area (TPSA) is 68.0 Å². The van der Waals surface area contributed by atoms with Gasteiger partial charge in [-0.05, 0) is 25.0 Å². The van der Waals surface area contributed by atoms with Crippen molar-refractivity contribution >= 4 is 18.1 Å². The molecule has 1 aromatic heterocycles. The zero-order chi connectivity index (χ0) is 16.7. The molecule has 0 atom stereocenters. The third kappa shape index (κ3) is 4.77. The van der Waals surface area contributed by atoms with Crippen LogP contribution in [0.2, 0.25) is 0 Å². The highest BCUT2D eigenvalue weighted by Crippen LogP contribution is 2.14. The van der Waals surface area contributed by atoms with Crippen molar-refractivity contribution in [2.75, 3.05) is 0 Å². The average Bonchev–Trinajstić information content (AvgIpc) is 2.94. The van der Waals surface area contributed by atoms with Gasteiger partial charge in [-0.3, -0.25) is 0 Å². The number of unbranched alkanes of at least 4 members (excludes halogenated alkanes) is 3. The molecule has 2 aromatic rings. The number of aromatic carboxylic acids is 1. The van der Waals surface area contributed by atoms with Crippen molar-refractivity contribution in [1.29, 1.82) is 0 Å². The molecule has 0 aliphatic rings. The highest BCUT2D eigenvalue weighted by Gasteiger charge is 2.16. The smallest absolute Gasteiger partial charge is 0.358 e. The van der Waals surface area contributed by atoms with Gasteiger partial charge in [0.1, 0.15) is 0 Å². The molecule has 0 spiro atoms. The number of carboxylic acid groups (broad SMARTS) is 1. The maximum Gasteiger partial charge on any atom is 0.358 e. The normalized spacial score (nSPS) is 11.2. The number of hydrogen-bond donors (Lipinski definition) is 1. The van der Waals surface area contributed by atoms with Crippen LogP contribution in [0.5, 0.6) is 0 Å². The Morgan fingerprint density at radius 2 is 1.91 bits per heavy atom. The lowest BCUT2D eigenvalue weighted by Gasteiger charge is -2.03. The van der Waals surface area contributed by atoms with Gasteiger partial charge in [0.2, 0.25) is 0 Å². The van der Waals surface area contributed by atoms with Crippen LogP contribution < -0.4 is 0 Å². The van der Waals surface area contributed by atoms with Crippen LogP contribution in [0.4, 0.5) is 0 Å². The predicted molar refractivity (Wildman–Crippen MR) is 91.2 cm³/mol. The standard InChI is InChI=1S/C18H23N3O2/c1-3-4-5-6-13-21-16(17(18(22)23)19-20-21)12-11-15-9-7-14(2)8-10-15/h7-12H,3-6,13H2,1-2H3,(H,22,23)/b12-11+. The zero-order valence-corrected chi connectivity index (χ0v) is 13.7. The number of aromatic nitrogens is 3. The molecular formula is C18H23N3O2. The van der Waals surface area contributed by atoms with E-state index >= 15 is 0 Å². The Balaban J connectivity index is 2.18. The average molecular weight is 313 g/mol. The van der Waals surface area contributed by atoms with Crippen LogP contribution in [0, 0.1) is 6.92 Å². The van der Waals surface area contributed by atoms with E-state index in [-0.39, 0.29) is 5.69 Å². The van der Waals surface area contributed by atoms with Crippen LogP contribution in [0.3, 0.4) is 0 Å². The number of carbonyl (C=O) groups is 1. The lowest BCUT2D eigenvalue weighted by Crippen LogP contribution is -2.05. The maximum atomic E-state index is 11.3. The van der Waals surface area contributed by atoms with Crippen LogP contribution in [0.25, 0.3) is 12.2 Å². The SMILES string of the molecule is CCCCCCn1nnc(C(=O)O)c1/C=C/c1ccc(C)cc1. The Kier molecular flexibility index (Phi) is 6.09. The van der Waals surface area contributed by atoms with Crippen LogP contribution in [-0.2, 0) is 6.54 Å². The zero-order valence-electron chi connectivity index (χ0n) is 13.7. The summed E-state index contributed by atoms with van der Waals surface area (Å²) in [7, 11) is 0. The number of aryl methyl sites for hydroxylation is 2. The first-order valence-corrected chi connectivity index (χ1v) is 8.03. The van der Waals surface area contributed by atoms with Gasteiger partial charge >= 0.3 is 5.97 Å². The molecule has 2 rings (SSSR count). The van der Waals surface area contributed by atoms with E-state index in [4.69, 9.17) is 0 Å². The Hall–Kier alpha value is -2.43. The van der Waals surface area contributed by atoms with Crippen molar-refractivity contribution in [1.82, 2.24) is 15.0 Å². The molecule has 0 aliphatic heterocycles. The number of hydrogen-bond acceptors (Lipinski definition) is 3. The Labute approximate surface area is 136 Å². The van der Waals surface area contributed by atoms with Gasteiger partial charge in [0.15, 0.2) is 5.69 Å². The summed E-state index contributed by atoms with van der Waals surface area (Å²) in [5.74, 6) is -1.05. The molecule has 0 bridgehead atoms. The van der Waals surface area contributed by atoms with Crippen LogP contribution in [-0.4, -0.2) is 26.1 Å². The first kappa shape index (κ1) is 16.9. The van der Waals surface area contributed by atoms with E-state index in [0.29, 0.717) is 12.2 Å². The maximum absolute atomic E-state index is 11.3. The van der Waals surface area contributed by atoms with Crippen LogP contribution in [0.15, 0.2) is 24.3 Å². The monoisotopic (exact) mass is 313 g/mol. The minimum Gasteiger partial charge on any atom is -0.476 e. The third-order valence-electron chi connectivity index (χ3n) is 3.71. The van der Waals surface area contributed by atoms with Gasteiger partial charge in [-0.2, -0.15) is 0 Å². The van der Waals surface area contributed by atoms with Gasteiger partial charge in [-0.25, -0.2) is 9.48 Å². The summed E-state index contributed by atoms with van der Waals surface area (Å²) in [5, 5.41) is 17.1. The van der Waals surface area contributed by atoms with Crippen molar-refractivity contribution in [3.63, 3.8) is 0 Å². The highest BCUT2D eigenvalue weighted by atomic mass is 16.4. The molecule has 1 N–H and O–H groups in total. The summed E-state index contributed by atoms with van der Waals surface area (Å²) in [6, 6.07) is 8.06. The molecule has 0 amide bonds. The van der Waals surface area contributed by atoms with E-state index in [2.05, 4.69) is 17.2 Å². The first-order chi connectivity index (χ1) is 11.1. The van der Waals surface area contributed by atoms with E-state index < -0.39 is 5.97 Å². The largest absolute Gasteiger partial charge is 0.476 e. The first-order valence-electron chi connectivity index (χ1n) is 8.03. The van der Waals surface area contributed by atoms with Gasteiger partial charge in [-0.1, -0.05) is 67.3 Å². The molecule has 0 saturated heterocycles. The fourth-order valence-electron chi connectivity index (χ4n) is 2.34. The third-order valence-corrected chi connectivity index (χ3v) is 3.71. The van der Waals surface area contributed by atoms with Gasteiger partial charge in [-0.15, -0.1) is 5.10 Å². The summed E-state index contributed by atoms with van der Waals surface area (Å²) in [6.07, 6.45) is 8.11. The number of benzene rings is 1. The molecule has 1 aromatic carbocycles. The molecule has 0 unspecified atom stereocenters. The Morgan fingerprint density at radius 1 is 1.17 bits per heavy atom. The minimum atomic E-state index is -1.05. The van der Waals surface area contributed by atoms with Crippen molar-refractivity contribution in [2.45, 2.75) is 46.1 Å². The number of nitrogens with zero attached hydrogens (tertiary/aromatic N) is 3. The van der Waals surface area contributed by atoms with E-state index in [9.17, 15) is 9.90 Å². The van der Waals surface area contributed by atoms with Crippen molar-refractivity contribution in [2.24, 2.45) is 0 Å². The lowest BCUT2D eigenvalue weighted by atomic mass is 10.1. The Morgan fingerprint density at radius 3 is 2.57 bits per heavy atom. The van der Waals surface area contributed by atoms with Crippen molar-refractivity contribution < 1.29 is 9.90 Å². The summed E-state index contributed by atoms with van der Waals surface area (Å²) >= 11 is 0. The second kappa shape index (κ2) is 8.27. The minimum absolute atomic E-state index is 0.00357. The van der Waals surface area contributed by atoms with Gasteiger partial charge in [0, 0.05) is 6.54 Å². The Bertz CT molecular complexity index is 672. The van der Waals surface area contributed by atoms with Gasteiger partial charge < -0.3 is 5.11 Å². The van der Waals surface area contributed by atoms with E-state index in [0.717, 1.165) is 24.8 Å². The van der Waals surface area contributed by atoms with Crippen LogP contribution >= 0.6 is 0 Å². The van der Waals surface area contributed by atoms with Gasteiger partial charge in [0.05, 0.1) is 5.69 Å². The molecular weight excluding hydrogens is 290 g/mol. The lowest BCUT2D eigenvalue weighted by molar-refractivity contribution is 0.0690. The summed E-state index contributed by atoms with van der Waals surface area (Å²) < 4.78 is 1.68. The molecule has 122 valence electrons. The van der Waals surface area contributed by atoms with E-state index in [1.807, 2.05) is 37.3 Å². The number of carboxylic acids is 1. The van der Waals surface area contributed by atoms with E-state index in [1.54, 1.807) is 10.8 Å². The highest BCUT2D eigenvalue weighted by molar-refractivity contribution is 5.90. The van der Waals surface area contributed by atoms with Crippen LogP contribution in [0.1, 0.15) is 59.9 Å². The summed E-state index contributed by atoms with van der Waals surface area (Å²) in [5.41, 5.74) is 2.76. The fraction of sp³-hybridized carbons (Fsp3) is 0.389. The molecule has 5 heteroatoms. The quantitative estimate of drug-likeness (QED) is 0.747. The van der Waals surface area contributed by atoms with Crippen molar-refractivity contribution in [3.05, 3.63) is 46.8 Å². The second-order valence-corrected chi connectivity index (χ2v) is 5.66. The van der Waals surface area contributed by atoms with Gasteiger partial charge in [0.25, 0.3) is 0 Å². The van der Waals surface area contributed by atoms with E-state index in [1.165, 1.54) is 12.0 Å². The molecule has 0 saturated carbocycles. The fourth-order valence-corrected chi connectivity index (χ4v) is 2.34. The molecule has 0 fully saturated rings. The predicted octanol–water partition coefficient (Wildman–Crippen LogP) is 4.04.